The minimum Gasteiger partial charge on any atom is -0.497 e. The average Bonchev–Trinajstić information content (AvgIpc) is 2.99. The molecule has 0 radical (unpaired) electrons. The van der Waals surface area contributed by atoms with Crippen molar-refractivity contribution in [2.45, 2.75) is 31.7 Å². The van der Waals surface area contributed by atoms with Crippen LogP contribution >= 0.6 is 0 Å². The van der Waals surface area contributed by atoms with E-state index in [4.69, 9.17) is 9.47 Å². The number of likely N-dealkylation sites (tertiary alicyclic amines) is 1. The van der Waals surface area contributed by atoms with E-state index < -0.39 is 0 Å². The van der Waals surface area contributed by atoms with Gasteiger partial charge >= 0.3 is 0 Å². The van der Waals surface area contributed by atoms with Gasteiger partial charge in [-0.15, -0.1) is 0 Å². The van der Waals surface area contributed by atoms with Gasteiger partial charge in [0.05, 0.1) is 18.8 Å². The maximum absolute atomic E-state index is 13.4. The van der Waals surface area contributed by atoms with Crippen LogP contribution < -0.4 is 14.8 Å². The van der Waals surface area contributed by atoms with Gasteiger partial charge in [-0.2, -0.15) is 0 Å². The van der Waals surface area contributed by atoms with E-state index in [9.17, 15) is 9.59 Å². The van der Waals surface area contributed by atoms with Crippen molar-refractivity contribution in [3.8, 4) is 11.5 Å². The fraction of sp³-hybridized carbons (Fsp3) is 0.364. The Balaban J connectivity index is 1.62. The average molecular weight is 380 g/mol. The van der Waals surface area contributed by atoms with Crippen molar-refractivity contribution in [3.63, 3.8) is 0 Å². The Morgan fingerprint density at radius 1 is 1.14 bits per heavy atom. The van der Waals surface area contributed by atoms with Gasteiger partial charge in [-0.05, 0) is 48.7 Å². The summed E-state index contributed by atoms with van der Waals surface area (Å²) in [5.41, 5.74) is 2.31. The summed E-state index contributed by atoms with van der Waals surface area (Å²) in [6, 6.07) is 13.2. The van der Waals surface area contributed by atoms with Crippen molar-refractivity contribution >= 4 is 17.5 Å². The Labute approximate surface area is 164 Å². The summed E-state index contributed by atoms with van der Waals surface area (Å²) in [5, 5.41) is 2.76. The number of hydrogen-bond donors (Lipinski definition) is 1. The molecule has 2 aromatic carbocycles. The van der Waals surface area contributed by atoms with Crippen LogP contribution in [-0.4, -0.2) is 37.0 Å². The van der Waals surface area contributed by atoms with Crippen LogP contribution in [0.15, 0.2) is 42.5 Å². The van der Waals surface area contributed by atoms with Gasteiger partial charge < -0.3 is 19.7 Å². The van der Waals surface area contributed by atoms with Crippen LogP contribution in [-0.2, 0) is 4.79 Å². The molecule has 28 heavy (non-hydrogen) atoms. The topological polar surface area (TPSA) is 67.9 Å². The number of nitrogens with zero attached hydrogens (tertiary/aromatic N) is 1. The molecule has 6 heteroatoms. The van der Waals surface area contributed by atoms with Crippen LogP contribution in [0, 0.1) is 0 Å². The maximum atomic E-state index is 13.4. The highest BCUT2D eigenvalue weighted by Gasteiger charge is 2.28. The summed E-state index contributed by atoms with van der Waals surface area (Å²) >= 11 is 0. The molecule has 1 saturated heterocycles. The molecule has 2 aliphatic rings. The summed E-state index contributed by atoms with van der Waals surface area (Å²) in [4.78, 5) is 26.8. The monoisotopic (exact) mass is 380 g/mol. The molecule has 6 nitrogen and oxygen atoms in total. The summed E-state index contributed by atoms with van der Waals surface area (Å²) in [6.07, 6.45) is 4.15. The highest BCUT2D eigenvalue weighted by atomic mass is 16.5. The quantitative estimate of drug-likeness (QED) is 0.880. The van der Waals surface area contributed by atoms with E-state index in [1.807, 2.05) is 29.2 Å². The lowest BCUT2D eigenvalue weighted by Crippen LogP contribution is -2.35. The number of hydrogen-bond acceptors (Lipinski definition) is 4. The second-order valence-electron chi connectivity index (χ2n) is 7.18. The molecule has 0 bridgehead atoms. The summed E-state index contributed by atoms with van der Waals surface area (Å²) in [6.45, 7) is 0.701. The van der Waals surface area contributed by atoms with Gasteiger partial charge in [-0.25, -0.2) is 0 Å². The smallest absolute Gasteiger partial charge is 0.262 e. The van der Waals surface area contributed by atoms with E-state index in [2.05, 4.69) is 5.32 Å². The fourth-order valence-electron chi connectivity index (χ4n) is 3.90. The first kappa shape index (κ1) is 18.3. The number of ether oxygens (including phenoxy) is 2. The van der Waals surface area contributed by atoms with Crippen molar-refractivity contribution in [2.24, 2.45) is 0 Å². The number of fused-ring (bicyclic) bond motifs is 1. The lowest BCUT2D eigenvalue weighted by atomic mass is 9.99. The first-order valence-corrected chi connectivity index (χ1v) is 9.67. The molecule has 146 valence electrons. The Kier molecular flexibility index (Phi) is 5.19. The number of nitrogens with one attached hydrogen (secondary N) is 1. The number of carbonyl (C=O) groups is 2. The van der Waals surface area contributed by atoms with Gasteiger partial charge in [0.2, 0.25) is 0 Å². The van der Waals surface area contributed by atoms with Crippen LogP contribution in [0.3, 0.4) is 0 Å². The molecule has 0 spiro atoms. The van der Waals surface area contributed by atoms with E-state index in [1.54, 1.807) is 25.3 Å². The molecule has 1 N–H and O–H groups in total. The Bertz CT molecular complexity index is 879. The molecule has 0 unspecified atom stereocenters. The number of amides is 2. The molecule has 2 amide bonds. The Morgan fingerprint density at radius 3 is 2.75 bits per heavy atom. The van der Waals surface area contributed by atoms with Crippen molar-refractivity contribution in [2.75, 3.05) is 25.6 Å². The third-order valence-electron chi connectivity index (χ3n) is 5.38. The molecule has 2 aliphatic heterocycles. The molecule has 4 rings (SSSR count). The number of anilines is 1. The third kappa shape index (κ3) is 3.67. The second-order valence-corrected chi connectivity index (χ2v) is 7.18. The fourth-order valence-corrected chi connectivity index (χ4v) is 3.90. The van der Waals surface area contributed by atoms with E-state index >= 15 is 0 Å². The van der Waals surface area contributed by atoms with Crippen LogP contribution in [0.1, 0.15) is 47.6 Å². The second kappa shape index (κ2) is 7.92. The lowest BCUT2D eigenvalue weighted by Gasteiger charge is -2.31. The van der Waals surface area contributed by atoms with Gasteiger partial charge in [-0.3, -0.25) is 9.59 Å². The van der Waals surface area contributed by atoms with Gasteiger partial charge in [0.25, 0.3) is 11.8 Å². The lowest BCUT2D eigenvalue weighted by molar-refractivity contribution is -0.118. The summed E-state index contributed by atoms with van der Waals surface area (Å²) in [5.74, 6) is 1.16. The van der Waals surface area contributed by atoms with Crippen LogP contribution in [0.4, 0.5) is 5.69 Å². The Hall–Kier alpha value is -3.02. The van der Waals surface area contributed by atoms with Gasteiger partial charge in [-0.1, -0.05) is 25.0 Å². The molecule has 0 aliphatic carbocycles. The van der Waals surface area contributed by atoms with Crippen molar-refractivity contribution in [3.05, 3.63) is 53.6 Å². The first-order chi connectivity index (χ1) is 13.7. The molecule has 2 heterocycles. The van der Waals surface area contributed by atoms with Crippen LogP contribution in [0.25, 0.3) is 0 Å². The number of benzene rings is 2. The van der Waals surface area contributed by atoms with Crippen LogP contribution in [0.5, 0.6) is 11.5 Å². The standard InChI is InChI=1S/C22H24N2O4/c1-27-17-9-6-15(7-10-17)19-5-3-2-4-12-24(19)22(26)16-8-11-18-20(13-16)28-14-21(25)23-18/h6-11,13,19H,2-5,12,14H2,1H3,(H,23,25)/t19-/m0/s1. The van der Waals surface area contributed by atoms with Crippen molar-refractivity contribution in [1.29, 1.82) is 0 Å². The highest BCUT2D eigenvalue weighted by Crippen LogP contribution is 2.34. The zero-order valence-electron chi connectivity index (χ0n) is 15.9. The number of methoxy groups -OCH3 is 1. The molecule has 2 aromatic rings. The Morgan fingerprint density at radius 2 is 1.96 bits per heavy atom. The zero-order chi connectivity index (χ0) is 19.5. The molecule has 0 aromatic heterocycles. The summed E-state index contributed by atoms with van der Waals surface area (Å²) in [7, 11) is 1.65. The van der Waals surface area contributed by atoms with Crippen molar-refractivity contribution in [1.82, 2.24) is 4.90 Å². The van der Waals surface area contributed by atoms with Gasteiger partial charge in [0.1, 0.15) is 11.5 Å². The first-order valence-electron chi connectivity index (χ1n) is 9.67. The minimum absolute atomic E-state index is 0.00832. The maximum Gasteiger partial charge on any atom is 0.262 e. The molecule has 1 atom stereocenters. The van der Waals surface area contributed by atoms with Gasteiger partial charge in [0.15, 0.2) is 6.61 Å². The SMILES string of the molecule is COc1ccc([C@@H]2CCCCCN2C(=O)c2ccc3c(c2)OCC(=O)N3)cc1. The molecular weight excluding hydrogens is 356 g/mol. The normalized spacial score (nSPS) is 19.1. The molecular formula is C22H24N2O4. The van der Waals surface area contributed by atoms with Crippen molar-refractivity contribution < 1.29 is 19.1 Å². The molecule has 1 fully saturated rings. The van der Waals surface area contributed by atoms with E-state index in [-0.39, 0.29) is 24.5 Å². The number of carbonyl (C=O) groups excluding carboxylic acids is 2. The third-order valence-corrected chi connectivity index (χ3v) is 5.38. The van der Waals surface area contributed by atoms with E-state index in [0.717, 1.165) is 43.5 Å². The van der Waals surface area contributed by atoms with Gasteiger partial charge in [0, 0.05) is 12.1 Å². The molecule has 0 saturated carbocycles. The van der Waals surface area contributed by atoms with Crippen LogP contribution in [0.2, 0.25) is 0 Å². The minimum atomic E-state index is -0.182. The van der Waals surface area contributed by atoms with E-state index in [0.29, 0.717) is 17.0 Å². The predicted molar refractivity (Wildman–Crippen MR) is 106 cm³/mol. The predicted octanol–water partition coefficient (Wildman–Crippen LogP) is 3.78. The summed E-state index contributed by atoms with van der Waals surface area (Å²) < 4.78 is 10.7. The zero-order valence-corrected chi connectivity index (χ0v) is 15.9. The highest BCUT2D eigenvalue weighted by molar-refractivity contribution is 5.99. The largest absolute Gasteiger partial charge is 0.497 e. The van der Waals surface area contributed by atoms with E-state index in [1.165, 1.54) is 0 Å². The number of rotatable bonds is 3.